The first-order chi connectivity index (χ1) is 15.0. The first-order valence-corrected chi connectivity index (χ1v) is 10.4. The van der Waals surface area contributed by atoms with Gasteiger partial charge in [0, 0.05) is 18.3 Å². The SMILES string of the molecule is COc1ccc(NC(=O)CSc2nnc(-c3nc(-c4ccc(C)cc4)no3)n2C)cc1. The molecule has 0 atom stereocenters. The maximum absolute atomic E-state index is 12.3. The standard InChI is InChI=1S/C21H20N6O3S/c1-13-4-6-14(7-5-13)18-23-20(30-26-18)19-24-25-21(27(19)2)31-12-17(28)22-15-8-10-16(29-3)11-9-15/h4-11H,12H2,1-3H3,(H,22,28). The van der Waals surface area contributed by atoms with E-state index in [0.29, 0.717) is 22.5 Å². The molecule has 0 bridgehead atoms. The number of rotatable bonds is 7. The van der Waals surface area contributed by atoms with Crippen molar-refractivity contribution in [2.24, 2.45) is 7.05 Å². The number of nitrogens with one attached hydrogen (secondary N) is 1. The third kappa shape index (κ3) is 4.75. The van der Waals surface area contributed by atoms with Gasteiger partial charge in [0.2, 0.25) is 17.6 Å². The van der Waals surface area contributed by atoms with Crippen molar-refractivity contribution in [2.45, 2.75) is 12.1 Å². The number of hydrogen-bond donors (Lipinski definition) is 1. The summed E-state index contributed by atoms with van der Waals surface area (Å²) < 4.78 is 12.2. The summed E-state index contributed by atoms with van der Waals surface area (Å²) in [6.07, 6.45) is 0. The molecule has 10 heteroatoms. The lowest BCUT2D eigenvalue weighted by Gasteiger charge is -2.06. The second-order valence-electron chi connectivity index (χ2n) is 6.72. The van der Waals surface area contributed by atoms with Crippen LogP contribution in [0, 0.1) is 6.92 Å². The molecule has 0 aliphatic heterocycles. The number of aryl methyl sites for hydroxylation is 1. The van der Waals surface area contributed by atoms with Crippen LogP contribution in [-0.2, 0) is 11.8 Å². The van der Waals surface area contributed by atoms with Gasteiger partial charge in [-0.05, 0) is 31.2 Å². The van der Waals surface area contributed by atoms with Crippen LogP contribution in [0.1, 0.15) is 5.56 Å². The first-order valence-electron chi connectivity index (χ1n) is 9.40. The minimum atomic E-state index is -0.154. The zero-order valence-corrected chi connectivity index (χ0v) is 18.0. The topological polar surface area (TPSA) is 108 Å². The van der Waals surface area contributed by atoms with E-state index < -0.39 is 0 Å². The quantitative estimate of drug-likeness (QED) is 0.438. The van der Waals surface area contributed by atoms with E-state index in [4.69, 9.17) is 9.26 Å². The summed E-state index contributed by atoms with van der Waals surface area (Å²) in [6, 6.07) is 15.0. The number of ether oxygens (including phenoxy) is 1. The molecule has 1 N–H and O–H groups in total. The molecule has 2 aromatic carbocycles. The van der Waals surface area contributed by atoms with Gasteiger partial charge in [0.25, 0.3) is 5.89 Å². The number of carbonyl (C=O) groups is 1. The molecule has 2 heterocycles. The average Bonchev–Trinajstić information content (AvgIpc) is 3.40. The maximum atomic E-state index is 12.3. The Kier molecular flexibility index (Phi) is 5.99. The monoisotopic (exact) mass is 436 g/mol. The van der Waals surface area contributed by atoms with Crippen molar-refractivity contribution in [2.75, 3.05) is 18.2 Å². The molecule has 0 radical (unpaired) electrons. The molecule has 4 rings (SSSR count). The molecular formula is C21H20N6O3S. The Morgan fingerprint density at radius 1 is 1.13 bits per heavy atom. The second-order valence-corrected chi connectivity index (χ2v) is 7.66. The fraction of sp³-hybridized carbons (Fsp3) is 0.190. The summed E-state index contributed by atoms with van der Waals surface area (Å²) in [5.41, 5.74) is 2.70. The van der Waals surface area contributed by atoms with E-state index in [-0.39, 0.29) is 17.6 Å². The van der Waals surface area contributed by atoms with E-state index in [1.54, 1.807) is 43.0 Å². The van der Waals surface area contributed by atoms with Gasteiger partial charge >= 0.3 is 0 Å². The third-order valence-electron chi connectivity index (χ3n) is 4.47. The predicted molar refractivity (Wildman–Crippen MR) is 117 cm³/mol. The number of nitrogens with zero attached hydrogens (tertiary/aromatic N) is 5. The first kappa shape index (κ1) is 20.6. The van der Waals surface area contributed by atoms with Crippen molar-refractivity contribution in [3.8, 4) is 28.9 Å². The lowest BCUT2D eigenvalue weighted by atomic mass is 10.1. The van der Waals surface area contributed by atoms with Crippen molar-refractivity contribution >= 4 is 23.4 Å². The lowest BCUT2D eigenvalue weighted by Crippen LogP contribution is -2.14. The number of benzene rings is 2. The molecule has 0 saturated carbocycles. The highest BCUT2D eigenvalue weighted by Crippen LogP contribution is 2.24. The Morgan fingerprint density at radius 2 is 1.87 bits per heavy atom. The van der Waals surface area contributed by atoms with Gasteiger partial charge in [0.15, 0.2) is 5.16 Å². The molecule has 158 valence electrons. The van der Waals surface area contributed by atoms with Gasteiger partial charge in [-0.15, -0.1) is 10.2 Å². The second kappa shape index (κ2) is 9.00. The van der Waals surface area contributed by atoms with Crippen molar-refractivity contribution in [1.82, 2.24) is 24.9 Å². The zero-order valence-electron chi connectivity index (χ0n) is 17.2. The Balaban J connectivity index is 1.40. The van der Waals surface area contributed by atoms with Crippen LogP contribution in [0.5, 0.6) is 5.75 Å². The number of carbonyl (C=O) groups excluding carboxylic acids is 1. The van der Waals surface area contributed by atoms with E-state index >= 15 is 0 Å². The maximum Gasteiger partial charge on any atom is 0.296 e. The summed E-state index contributed by atoms with van der Waals surface area (Å²) in [7, 11) is 3.38. The molecule has 0 fully saturated rings. The van der Waals surface area contributed by atoms with Crippen molar-refractivity contribution in [3.05, 3.63) is 54.1 Å². The smallest absolute Gasteiger partial charge is 0.296 e. The Labute approximate surface area is 182 Å². The number of aromatic nitrogens is 5. The van der Waals surface area contributed by atoms with E-state index in [0.717, 1.165) is 16.9 Å². The largest absolute Gasteiger partial charge is 0.497 e. The summed E-state index contributed by atoms with van der Waals surface area (Å²) >= 11 is 1.27. The molecule has 2 aromatic heterocycles. The van der Waals surface area contributed by atoms with Gasteiger partial charge in [-0.1, -0.05) is 46.7 Å². The highest BCUT2D eigenvalue weighted by atomic mass is 32.2. The van der Waals surface area contributed by atoms with Crippen molar-refractivity contribution in [1.29, 1.82) is 0 Å². The summed E-state index contributed by atoms with van der Waals surface area (Å²) in [5.74, 6) is 1.93. The number of methoxy groups -OCH3 is 1. The van der Waals surface area contributed by atoms with E-state index in [1.165, 1.54) is 11.8 Å². The molecule has 0 aliphatic rings. The van der Waals surface area contributed by atoms with Gasteiger partial charge in [-0.3, -0.25) is 4.79 Å². The van der Waals surface area contributed by atoms with E-state index in [9.17, 15) is 4.79 Å². The number of anilines is 1. The predicted octanol–water partition coefficient (Wildman–Crippen LogP) is 3.58. The molecule has 0 aliphatic carbocycles. The fourth-order valence-corrected chi connectivity index (χ4v) is 3.47. The van der Waals surface area contributed by atoms with Gasteiger partial charge in [-0.2, -0.15) is 4.98 Å². The molecule has 0 saturated heterocycles. The van der Waals surface area contributed by atoms with Crippen LogP contribution >= 0.6 is 11.8 Å². The summed E-state index contributed by atoms with van der Waals surface area (Å²) in [4.78, 5) is 16.7. The van der Waals surface area contributed by atoms with Crippen LogP contribution in [0.4, 0.5) is 5.69 Å². The highest BCUT2D eigenvalue weighted by Gasteiger charge is 2.19. The summed E-state index contributed by atoms with van der Waals surface area (Å²) in [6.45, 7) is 2.02. The van der Waals surface area contributed by atoms with Gasteiger partial charge in [0.05, 0.1) is 12.9 Å². The number of thioether (sulfide) groups is 1. The lowest BCUT2D eigenvalue weighted by molar-refractivity contribution is -0.113. The Hall–Kier alpha value is -3.66. The number of hydrogen-bond acceptors (Lipinski definition) is 8. The highest BCUT2D eigenvalue weighted by molar-refractivity contribution is 7.99. The molecule has 9 nitrogen and oxygen atoms in total. The van der Waals surface area contributed by atoms with Crippen LogP contribution in [-0.4, -0.2) is 43.7 Å². The van der Waals surface area contributed by atoms with E-state index in [1.807, 2.05) is 31.2 Å². The van der Waals surface area contributed by atoms with Crippen molar-refractivity contribution in [3.63, 3.8) is 0 Å². The zero-order chi connectivity index (χ0) is 21.8. The van der Waals surface area contributed by atoms with Gasteiger partial charge in [-0.25, -0.2) is 0 Å². The van der Waals surface area contributed by atoms with E-state index in [2.05, 4.69) is 25.7 Å². The van der Waals surface area contributed by atoms with Gasteiger partial charge < -0.3 is 19.1 Å². The Bertz CT molecular complexity index is 1180. The molecular weight excluding hydrogens is 416 g/mol. The molecule has 0 unspecified atom stereocenters. The van der Waals surface area contributed by atoms with Gasteiger partial charge in [0.1, 0.15) is 5.75 Å². The van der Waals surface area contributed by atoms with Crippen molar-refractivity contribution < 1.29 is 14.1 Å². The fourth-order valence-electron chi connectivity index (χ4n) is 2.76. The molecule has 1 amide bonds. The summed E-state index contributed by atoms with van der Waals surface area (Å²) in [5, 5.41) is 15.7. The Morgan fingerprint density at radius 3 is 2.58 bits per heavy atom. The van der Waals surface area contributed by atoms with Crippen LogP contribution < -0.4 is 10.1 Å². The molecule has 0 spiro atoms. The number of amides is 1. The normalized spacial score (nSPS) is 10.8. The van der Waals surface area contributed by atoms with Crippen LogP contribution in [0.25, 0.3) is 23.1 Å². The van der Waals surface area contributed by atoms with Crippen LogP contribution in [0.3, 0.4) is 0 Å². The molecule has 31 heavy (non-hydrogen) atoms. The minimum Gasteiger partial charge on any atom is -0.497 e. The average molecular weight is 436 g/mol. The third-order valence-corrected chi connectivity index (χ3v) is 5.49. The van der Waals surface area contributed by atoms with Crippen LogP contribution in [0.15, 0.2) is 58.2 Å². The minimum absolute atomic E-state index is 0.154. The van der Waals surface area contributed by atoms with Crippen LogP contribution in [0.2, 0.25) is 0 Å². The molecule has 4 aromatic rings.